The lowest BCUT2D eigenvalue weighted by Crippen LogP contribution is -2.44. The fourth-order valence-electron chi connectivity index (χ4n) is 7.27. The molecule has 5 N–H and O–H groups in total. The number of aromatic nitrogens is 10. The minimum absolute atomic E-state index is 0.194. The molecule has 0 bridgehead atoms. The number of thioether (sulfide) groups is 2. The Morgan fingerprint density at radius 2 is 1.19 bits per heavy atom. The number of hydrogen-bond acceptors (Lipinski definition) is 13. The van der Waals surface area contributed by atoms with Gasteiger partial charge in [0, 0.05) is 93.2 Å². The van der Waals surface area contributed by atoms with Crippen LogP contribution in [0.2, 0.25) is 0 Å². The van der Waals surface area contributed by atoms with E-state index in [1.807, 2.05) is 91.8 Å². The fourth-order valence-corrected chi connectivity index (χ4v) is 8.82. The van der Waals surface area contributed by atoms with E-state index in [2.05, 4.69) is 64.9 Å². The van der Waals surface area contributed by atoms with E-state index in [9.17, 15) is 0 Å². The highest BCUT2D eigenvalue weighted by Gasteiger charge is 2.21. The predicted octanol–water partition coefficient (Wildman–Crippen LogP) is 7.77. The molecule has 1 aliphatic heterocycles. The molecule has 0 amide bonds. The third-order valence-electron chi connectivity index (χ3n) is 11.3. The lowest BCUT2D eigenvalue weighted by molar-refractivity contribution is 0.289. The van der Waals surface area contributed by atoms with Crippen molar-refractivity contribution in [3.8, 4) is 22.3 Å². The summed E-state index contributed by atoms with van der Waals surface area (Å²) in [5.74, 6) is 0.655. The zero-order valence-electron chi connectivity index (χ0n) is 35.0. The van der Waals surface area contributed by atoms with E-state index in [0.29, 0.717) is 12.0 Å². The van der Waals surface area contributed by atoms with Gasteiger partial charge in [0.05, 0.1) is 40.9 Å². The molecule has 1 saturated heterocycles. The molecule has 0 radical (unpaired) electrons. The number of pyridine rings is 2. The van der Waals surface area contributed by atoms with Crippen molar-refractivity contribution in [3.63, 3.8) is 0 Å². The highest BCUT2D eigenvalue weighted by atomic mass is 32.2. The molecule has 0 unspecified atom stereocenters. The van der Waals surface area contributed by atoms with Gasteiger partial charge in [-0.3, -0.25) is 41.0 Å². The van der Waals surface area contributed by atoms with Gasteiger partial charge in [-0.05, 0) is 105 Å². The maximum Gasteiger partial charge on any atom is 0.188 e. The molecule has 1 saturated carbocycles. The van der Waals surface area contributed by atoms with Crippen LogP contribution in [0.25, 0.3) is 44.1 Å². The van der Waals surface area contributed by atoms with Crippen LogP contribution in [0.15, 0.2) is 120 Å². The third-order valence-corrected chi connectivity index (χ3v) is 13.0. The molecule has 6 aromatic heterocycles. The number of rotatable bonds is 9. The summed E-state index contributed by atoms with van der Waals surface area (Å²) in [6.07, 6.45) is 17.0. The van der Waals surface area contributed by atoms with Crippen LogP contribution in [-0.4, -0.2) is 72.5 Å². The molecule has 7 heterocycles. The van der Waals surface area contributed by atoms with Gasteiger partial charge >= 0.3 is 0 Å². The minimum Gasteiger partial charge on any atom is -0.316 e. The van der Waals surface area contributed by atoms with Crippen molar-refractivity contribution in [2.24, 2.45) is 5.92 Å². The predicted molar refractivity (Wildman–Crippen MR) is 248 cm³/mol. The molecule has 0 atom stereocenters. The van der Waals surface area contributed by atoms with Gasteiger partial charge in [-0.2, -0.15) is 29.8 Å². The quantitative estimate of drug-likeness (QED) is 0.0545. The second-order valence-electron chi connectivity index (χ2n) is 15.7. The Hall–Kier alpha value is -6.56. The van der Waals surface area contributed by atoms with Gasteiger partial charge < -0.3 is 5.32 Å². The summed E-state index contributed by atoms with van der Waals surface area (Å²) in [4.78, 5) is 11.0. The van der Waals surface area contributed by atoms with Gasteiger partial charge in [-0.1, -0.05) is 37.4 Å². The normalized spacial score (nSPS) is 13.9. The second-order valence-corrected chi connectivity index (χ2v) is 17.8. The van der Waals surface area contributed by atoms with Gasteiger partial charge in [0.1, 0.15) is 11.0 Å². The summed E-state index contributed by atoms with van der Waals surface area (Å²) >= 11 is 2.56. The number of benzene rings is 2. The van der Waals surface area contributed by atoms with E-state index < -0.39 is 0 Å². The summed E-state index contributed by atoms with van der Waals surface area (Å²) < 4.78 is 6.82. The van der Waals surface area contributed by atoms with Crippen molar-refractivity contribution in [1.82, 2.24) is 54.4 Å². The highest BCUT2D eigenvalue weighted by Crippen LogP contribution is 2.33. The molecule has 2 aliphatic rings. The number of fused-ring (bicyclic) bond motifs is 2. The molecule has 63 heavy (non-hydrogen) atoms. The standard InChI is InChI=1S/C23H24N8S.C23H23N7S/c1-2-19-3-6-22(24)31(29-19)23(25)32-20-4-5-21-16(8-20)7-17(11-27-21)18-12-28-30(14-18)13-15-9-26-10-15;1-2-18-6-9-22(24)30(28-18)23(25)31-20-7-8-21-15(11-20)10-16(12-26-21)17-13-27-29(14-17)19-4-3-5-19/h3-8,11-12,14-15,24-26H,2,9-10,13H2,1H3;6-14,19,24-25H,2-5H2,1H3. The van der Waals surface area contributed by atoms with Crippen LogP contribution in [0, 0.1) is 27.6 Å². The first-order valence-electron chi connectivity index (χ1n) is 21.1. The monoisotopic (exact) mass is 873 g/mol. The van der Waals surface area contributed by atoms with E-state index in [1.54, 1.807) is 12.1 Å². The summed E-state index contributed by atoms with van der Waals surface area (Å²) in [6.45, 7) is 7.06. The molecule has 2 fully saturated rings. The molecule has 1 aliphatic carbocycles. The topological polar surface area (TPSA) is 204 Å². The van der Waals surface area contributed by atoms with Gasteiger partial charge in [0.25, 0.3) is 0 Å². The van der Waals surface area contributed by atoms with Crippen LogP contribution in [0.4, 0.5) is 0 Å². The Morgan fingerprint density at radius 3 is 1.68 bits per heavy atom. The first kappa shape index (κ1) is 41.8. The van der Waals surface area contributed by atoms with Gasteiger partial charge in [0.15, 0.2) is 10.3 Å². The maximum atomic E-state index is 8.46. The molecule has 15 nitrogen and oxygen atoms in total. The average molecular weight is 874 g/mol. The van der Waals surface area contributed by atoms with Crippen molar-refractivity contribution in [2.45, 2.75) is 68.3 Å². The number of nitrogens with one attached hydrogen (secondary N) is 5. The van der Waals surface area contributed by atoms with E-state index in [0.717, 1.165) is 97.7 Å². The Kier molecular flexibility index (Phi) is 12.2. The minimum atomic E-state index is 0.194. The molecule has 8 aromatic rings. The van der Waals surface area contributed by atoms with Crippen LogP contribution in [-0.2, 0) is 19.4 Å². The summed E-state index contributed by atoms with van der Waals surface area (Å²) in [5, 5.41) is 56.6. The summed E-state index contributed by atoms with van der Waals surface area (Å²) in [7, 11) is 0. The second kappa shape index (κ2) is 18.4. The van der Waals surface area contributed by atoms with Crippen molar-refractivity contribution < 1.29 is 0 Å². The molecule has 318 valence electrons. The van der Waals surface area contributed by atoms with Crippen LogP contribution in [0.3, 0.4) is 0 Å². The zero-order valence-corrected chi connectivity index (χ0v) is 36.6. The highest BCUT2D eigenvalue weighted by molar-refractivity contribution is 8.14. The Labute approximate surface area is 372 Å². The largest absolute Gasteiger partial charge is 0.316 e. The van der Waals surface area contributed by atoms with Crippen molar-refractivity contribution >= 4 is 55.7 Å². The van der Waals surface area contributed by atoms with Gasteiger partial charge in [0.2, 0.25) is 0 Å². The zero-order chi connectivity index (χ0) is 43.5. The van der Waals surface area contributed by atoms with Crippen LogP contribution in [0.1, 0.15) is 50.5 Å². The molecule has 0 spiro atoms. The van der Waals surface area contributed by atoms with Gasteiger partial charge in [-0.25, -0.2) is 0 Å². The molecule has 2 aromatic carbocycles. The Morgan fingerprint density at radius 1 is 0.651 bits per heavy atom. The molecule has 10 rings (SSSR count). The van der Waals surface area contributed by atoms with Crippen LogP contribution >= 0.6 is 23.5 Å². The number of hydrogen-bond donors (Lipinski definition) is 5. The lowest BCUT2D eigenvalue weighted by Gasteiger charge is -2.26. The SMILES string of the molecule is CCc1ccc(=N)n(C(=N)Sc2ccc3ncc(-c4cnn(C5CCC5)c4)cc3c2)n1.CCc1ccc(=N)n(C(=N)Sc2ccc3ncc(-c4cnn(CC5CNC5)c4)cc3c2)n1. The van der Waals surface area contributed by atoms with Crippen LogP contribution < -0.4 is 16.3 Å². The molecule has 17 heteroatoms. The Bertz CT molecular complexity index is 3100. The smallest absolute Gasteiger partial charge is 0.188 e. The van der Waals surface area contributed by atoms with Crippen LogP contribution in [0.5, 0.6) is 0 Å². The van der Waals surface area contributed by atoms with E-state index in [-0.39, 0.29) is 21.3 Å². The first-order chi connectivity index (χ1) is 30.7. The van der Waals surface area contributed by atoms with Crippen molar-refractivity contribution in [3.05, 3.63) is 132 Å². The van der Waals surface area contributed by atoms with E-state index >= 15 is 0 Å². The fraction of sp³-hybridized carbons (Fsp3) is 0.261. The third kappa shape index (κ3) is 9.45. The van der Waals surface area contributed by atoms with Gasteiger partial charge in [-0.15, -0.1) is 0 Å². The summed E-state index contributed by atoms with van der Waals surface area (Å²) in [5.41, 5.74) is 8.09. The number of aryl methyl sites for hydroxylation is 2. The van der Waals surface area contributed by atoms with Crippen molar-refractivity contribution in [2.75, 3.05) is 13.1 Å². The van der Waals surface area contributed by atoms with E-state index in [1.165, 1.54) is 52.1 Å². The Balaban J connectivity index is 0.000000160. The maximum absolute atomic E-state index is 8.46. The molecular formula is C46H47N15S2. The first-order valence-corrected chi connectivity index (χ1v) is 22.7. The average Bonchev–Trinajstić information content (AvgIpc) is 3.95. The van der Waals surface area contributed by atoms with E-state index in [4.69, 9.17) is 21.6 Å². The number of nitrogens with zero attached hydrogens (tertiary/aromatic N) is 10. The summed E-state index contributed by atoms with van der Waals surface area (Å²) in [6, 6.07) is 23.7. The van der Waals surface area contributed by atoms with Crippen molar-refractivity contribution in [1.29, 1.82) is 21.6 Å². The molecular weight excluding hydrogens is 827 g/mol. The lowest BCUT2D eigenvalue weighted by atomic mass is 9.93.